The summed E-state index contributed by atoms with van der Waals surface area (Å²) in [7, 11) is -3.73. The third kappa shape index (κ3) is 3.39. The number of aliphatic carboxylic acids is 1. The number of carbonyl (C=O) groups is 1. The summed E-state index contributed by atoms with van der Waals surface area (Å²) < 4.78 is 39.2. The van der Waals surface area contributed by atoms with Gasteiger partial charge in [-0.1, -0.05) is 6.07 Å². The van der Waals surface area contributed by atoms with Crippen molar-refractivity contribution < 1.29 is 22.7 Å². The van der Waals surface area contributed by atoms with E-state index >= 15 is 0 Å². The fourth-order valence-corrected chi connectivity index (χ4v) is 3.72. The van der Waals surface area contributed by atoms with Crippen molar-refractivity contribution in [1.82, 2.24) is 9.21 Å². The Morgan fingerprint density at radius 1 is 1.29 bits per heavy atom. The van der Waals surface area contributed by atoms with Crippen LogP contribution in [0.25, 0.3) is 0 Å². The number of hydrogen-bond donors (Lipinski definition) is 1. The molecule has 0 radical (unpaired) electrons. The predicted octanol–water partition coefficient (Wildman–Crippen LogP) is 0.605. The largest absolute Gasteiger partial charge is 0.480 e. The van der Waals surface area contributed by atoms with Gasteiger partial charge in [-0.2, -0.15) is 4.31 Å². The molecule has 8 heteroatoms. The molecular formula is C13H17FN2O4S. The number of sulfonamides is 1. The normalized spacial score (nSPS) is 19.3. The van der Waals surface area contributed by atoms with Crippen LogP contribution in [0.3, 0.4) is 0 Å². The summed E-state index contributed by atoms with van der Waals surface area (Å²) in [6.07, 6.45) is 0. The topological polar surface area (TPSA) is 77.9 Å². The SMILES string of the molecule is C[C@@H](C(=O)O)N1CCN(S(=O)(=O)c2cccc(F)c2)CC1. The molecule has 0 bridgehead atoms. The maximum Gasteiger partial charge on any atom is 0.320 e. The quantitative estimate of drug-likeness (QED) is 0.880. The molecule has 1 atom stereocenters. The van der Waals surface area contributed by atoms with E-state index in [1.807, 2.05) is 0 Å². The van der Waals surface area contributed by atoms with Crippen LogP contribution in [0.15, 0.2) is 29.2 Å². The summed E-state index contributed by atoms with van der Waals surface area (Å²) in [5, 5.41) is 8.95. The van der Waals surface area contributed by atoms with E-state index in [1.165, 1.54) is 22.5 Å². The fraction of sp³-hybridized carbons (Fsp3) is 0.462. The maximum absolute atomic E-state index is 13.2. The van der Waals surface area contributed by atoms with Crippen LogP contribution < -0.4 is 0 Å². The van der Waals surface area contributed by atoms with E-state index in [-0.39, 0.29) is 18.0 Å². The Morgan fingerprint density at radius 3 is 2.43 bits per heavy atom. The van der Waals surface area contributed by atoms with Gasteiger partial charge in [0.1, 0.15) is 11.9 Å². The molecule has 1 aliphatic heterocycles. The summed E-state index contributed by atoms with van der Waals surface area (Å²) in [6, 6.07) is 4.23. The predicted molar refractivity (Wildman–Crippen MR) is 73.8 cm³/mol. The van der Waals surface area contributed by atoms with Crippen LogP contribution >= 0.6 is 0 Å². The molecule has 0 aromatic heterocycles. The molecule has 0 spiro atoms. The number of nitrogens with zero attached hydrogens (tertiary/aromatic N) is 2. The van der Waals surface area contributed by atoms with E-state index < -0.39 is 27.9 Å². The second kappa shape index (κ2) is 6.08. The fourth-order valence-electron chi connectivity index (χ4n) is 2.26. The molecule has 0 amide bonds. The van der Waals surface area contributed by atoms with E-state index in [0.29, 0.717) is 13.1 Å². The van der Waals surface area contributed by atoms with Crippen LogP contribution in [-0.4, -0.2) is 60.9 Å². The monoisotopic (exact) mass is 316 g/mol. The highest BCUT2D eigenvalue weighted by molar-refractivity contribution is 7.89. The van der Waals surface area contributed by atoms with Crippen molar-refractivity contribution in [2.75, 3.05) is 26.2 Å². The minimum Gasteiger partial charge on any atom is -0.480 e. The number of carboxylic acids is 1. The maximum atomic E-state index is 13.2. The highest BCUT2D eigenvalue weighted by atomic mass is 32.2. The Bertz CT molecular complexity index is 627. The summed E-state index contributed by atoms with van der Waals surface area (Å²) in [5.41, 5.74) is 0. The Morgan fingerprint density at radius 2 is 1.90 bits per heavy atom. The molecular weight excluding hydrogens is 299 g/mol. The number of piperazine rings is 1. The first-order valence-electron chi connectivity index (χ1n) is 6.55. The molecule has 1 heterocycles. The van der Waals surface area contributed by atoms with Crippen molar-refractivity contribution >= 4 is 16.0 Å². The van der Waals surface area contributed by atoms with E-state index in [4.69, 9.17) is 5.11 Å². The highest BCUT2D eigenvalue weighted by Crippen LogP contribution is 2.19. The van der Waals surface area contributed by atoms with Crippen LogP contribution in [-0.2, 0) is 14.8 Å². The lowest BCUT2D eigenvalue weighted by atomic mass is 10.2. The van der Waals surface area contributed by atoms with Gasteiger partial charge in [0.25, 0.3) is 0 Å². The molecule has 1 saturated heterocycles. The zero-order chi connectivity index (χ0) is 15.6. The van der Waals surface area contributed by atoms with Crippen molar-refractivity contribution in [2.45, 2.75) is 17.9 Å². The Labute approximate surface area is 122 Å². The first-order valence-corrected chi connectivity index (χ1v) is 7.99. The van der Waals surface area contributed by atoms with Crippen LogP contribution in [0, 0.1) is 5.82 Å². The van der Waals surface area contributed by atoms with Crippen molar-refractivity contribution in [3.63, 3.8) is 0 Å². The van der Waals surface area contributed by atoms with E-state index in [9.17, 15) is 17.6 Å². The van der Waals surface area contributed by atoms with Gasteiger partial charge in [0, 0.05) is 26.2 Å². The Hall–Kier alpha value is -1.51. The lowest BCUT2D eigenvalue weighted by molar-refractivity contribution is -0.143. The van der Waals surface area contributed by atoms with Gasteiger partial charge in [-0.05, 0) is 25.1 Å². The molecule has 21 heavy (non-hydrogen) atoms. The molecule has 0 aliphatic carbocycles. The van der Waals surface area contributed by atoms with Gasteiger partial charge in [-0.3, -0.25) is 9.69 Å². The highest BCUT2D eigenvalue weighted by Gasteiger charge is 2.31. The zero-order valence-electron chi connectivity index (χ0n) is 11.6. The lowest BCUT2D eigenvalue weighted by Gasteiger charge is -2.35. The van der Waals surface area contributed by atoms with E-state index in [2.05, 4.69) is 0 Å². The van der Waals surface area contributed by atoms with Crippen LogP contribution in [0.1, 0.15) is 6.92 Å². The molecule has 1 N–H and O–H groups in total. The number of carboxylic acid groups (broad SMARTS) is 1. The molecule has 1 aromatic carbocycles. The van der Waals surface area contributed by atoms with Gasteiger partial charge in [0.05, 0.1) is 4.90 Å². The van der Waals surface area contributed by atoms with Gasteiger partial charge in [-0.25, -0.2) is 12.8 Å². The number of halogens is 1. The Kier molecular flexibility index (Phi) is 4.60. The van der Waals surface area contributed by atoms with Gasteiger partial charge < -0.3 is 5.11 Å². The van der Waals surface area contributed by atoms with Crippen molar-refractivity contribution in [3.8, 4) is 0 Å². The zero-order valence-corrected chi connectivity index (χ0v) is 12.4. The molecule has 0 saturated carbocycles. The molecule has 0 unspecified atom stereocenters. The molecule has 1 aliphatic rings. The molecule has 1 aromatic rings. The Balaban J connectivity index is 2.09. The average molecular weight is 316 g/mol. The van der Waals surface area contributed by atoms with Gasteiger partial charge in [-0.15, -0.1) is 0 Å². The smallest absolute Gasteiger partial charge is 0.320 e. The third-order valence-corrected chi connectivity index (χ3v) is 5.51. The van der Waals surface area contributed by atoms with Crippen molar-refractivity contribution in [1.29, 1.82) is 0 Å². The van der Waals surface area contributed by atoms with Crippen LogP contribution in [0.2, 0.25) is 0 Å². The molecule has 6 nitrogen and oxygen atoms in total. The average Bonchev–Trinajstić information content (AvgIpc) is 2.46. The summed E-state index contributed by atoms with van der Waals surface area (Å²) in [5.74, 6) is -1.54. The summed E-state index contributed by atoms with van der Waals surface area (Å²) >= 11 is 0. The molecule has 1 fully saturated rings. The molecule has 116 valence electrons. The van der Waals surface area contributed by atoms with Crippen LogP contribution in [0.4, 0.5) is 4.39 Å². The second-order valence-electron chi connectivity index (χ2n) is 4.91. The van der Waals surface area contributed by atoms with E-state index in [1.54, 1.807) is 11.8 Å². The molecule has 2 rings (SSSR count). The summed E-state index contributed by atoms with van der Waals surface area (Å²) in [4.78, 5) is 12.5. The van der Waals surface area contributed by atoms with Crippen molar-refractivity contribution in [2.24, 2.45) is 0 Å². The number of rotatable bonds is 4. The van der Waals surface area contributed by atoms with E-state index in [0.717, 1.165) is 6.07 Å². The lowest BCUT2D eigenvalue weighted by Crippen LogP contribution is -2.53. The standard InChI is InChI=1S/C13H17FN2O4S/c1-10(13(17)18)15-5-7-16(8-6-15)21(19,20)12-4-2-3-11(14)9-12/h2-4,9-10H,5-8H2,1H3,(H,17,18)/t10-/m0/s1. The summed E-state index contributed by atoms with van der Waals surface area (Å²) in [6.45, 7) is 2.62. The van der Waals surface area contributed by atoms with Crippen molar-refractivity contribution in [3.05, 3.63) is 30.1 Å². The van der Waals surface area contributed by atoms with Gasteiger partial charge >= 0.3 is 5.97 Å². The first kappa shape index (κ1) is 15.9. The third-order valence-electron chi connectivity index (χ3n) is 3.61. The minimum atomic E-state index is -3.73. The van der Waals surface area contributed by atoms with Crippen LogP contribution in [0.5, 0.6) is 0 Å². The number of hydrogen-bond acceptors (Lipinski definition) is 4. The number of benzene rings is 1. The van der Waals surface area contributed by atoms with Gasteiger partial charge in [0.15, 0.2) is 0 Å². The second-order valence-corrected chi connectivity index (χ2v) is 6.85. The minimum absolute atomic E-state index is 0.0813. The van der Waals surface area contributed by atoms with Gasteiger partial charge in [0.2, 0.25) is 10.0 Å². The first-order chi connectivity index (χ1) is 9.82.